The number of halogens is 3. The number of alkyl halides is 2. The molecule has 1 N–H and O–H groups in total. The number of carbonyl (C=O) groups is 4. The van der Waals surface area contributed by atoms with Crippen LogP contribution in [0, 0.1) is 0 Å². The van der Waals surface area contributed by atoms with Gasteiger partial charge in [-0.25, -0.2) is 0 Å². The van der Waals surface area contributed by atoms with Crippen LogP contribution in [-0.4, -0.2) is 78.7 Å². The molecule has 37 heavy (non-hydrogen) atoms. The summed E-state index contributed by atoms with van der Waals surface area (Å²) in [5.74, 6) is -7.84. The molecule has 4 amide bonds. The zero-order valence-electron chi connectivity index (χ0n) is 19.1. The van der Waals surface area contributed by atoms with E-state index in [1.54, 1.807) is 0 Å². The molecule has 176 valence electrons. The van der Waals surface area contributed by atoms with Crippen molar-refractivity contribution >= 4 is 85.5 Å². The zero-order chi connectivity index (χ0) is 27.4. The maximum Gasteiger partial charge on any atom is 0.347 e. The Balaban J connectivity index is 1.61. The van der Waals surface area contributed by atoms with Crippen molar-refractivity contribution in [1.29, 1.82) is 0 Å². The minimum absolute atomic E-state index is 0.0161. The lowest BCUT2D eigenvalue weighted by Gasteiger charge is -2.41. The monoisotopic (exact) mass is 511 g/mol. The Hall–Kier alpha value is -3.01. The Bertz CT molecular complexity index is 1340. The molecule has 0 aromatic heterocycles. The third-order valence-corrected chi connectivity index (χ3v) is 6.57. The van der Waals surface area contributed by atoms with Gasteiger partial charge in [0.15, 0.2) is 0 Å². The van der Waals surface area contributed by atoms with Crippen LogP contribution in [-0.2, 0) is 32.2 Å². The largest absolute Gasteiger partial charge is 0.398 e. The average Bonchev–Trinajstić information content (AvgIpc) is 3.12. The minimum Gasteiger partial charge on any atom is -0.398 e. The molecule has 0 aliphatic carbocycles. The summed E-state index contributed by atoms with van der Waals surface area (Å²) >= 11 is 5.77. The Morgan fingerprint density at radius 3 is 2.32 bits per heavy atom. The third-order valence-electron chi connectivity index (χ3n) is 6.35. The Kier molecular flexibility index (Phi) is 6.86. The van der Waals surface area contributed by atoms with Crippen LogP contribution in [0.25, 0.3) is 0 Å². The maximum absolute atomic E-state index is 15.2. The SMILES string of the molecule is [B]c1cc(Cl)cc([B])c1C(F)(F)C(=O)N([B])C([B])([B])c1ccc2c(c1)CN(C1CCC(=O)NC1=O)C2=O. The summed E-state index contributed by atoms with van der Waals surface area (Å²) in [7, 11) is 29.1. The van der Waals surface area contributed by atoms with E-state index in [0.29, 0.717) is 5.56 Å². The van der Waals surface area contributed by atoms with Crippen molar-refractivity contribution in [2.75, 3.05) is 0 Å². The van der Waals surface area contributed by atoms with E-state index in [-0.39, 0.29) is 40.3 Å². The standard InChI is InChI=1S/C22H13B5ClF2N3O4/c23-13-6-11(28)7-14(24)17(13)21(29,30)20(37)33(27)22(25,26)10-1-2-12-9(5-10)8-32(19(12)36)15-3-4-16(34)31-18(15)35/h1-2,5-7,15H,3-4,8H2,(H,31,34,35). The lowest BCUT2D eigenvalue weighted by molar-refractivity contribution is -0.155. The van der Waals surface area contributed by atoms with Crippen LogP contribution in [0.1, 0.15) is 39.9 Å². The number of hydrogen-bond acceptors (Lipinski definition) is 4. The van der Waals surface area contributed by atoms with Crippen molar-refractivity contribution in [2.45, 2.75) is 36.7 Å². The van der Waals surface area contributed by atoms with Crippen LogP contribution in [0.15, 0.2) is 30.3 Å². The molecular formula is C22H13B5ClF2N3O4. The van der Waals surface area contributed by atoms with E-state index in [0.717, 1.165) is 12.1 Å². The summed E-state index contributed by atoms with van der Waals surface area (Å²) in [5, 5.41) is -0.291. The molecule has 2 aliphatic rings. The molecule has 2 aromatic carbocycles. The number of fused-ring (bicyclic) bond motifs is 1. The molecule has 2 aliphatic heterocycles. The molecule has 1 atom stereocenters. The van der Waals surface area contributed by atoms with Crippen molar-refractivity contribution in [3.63, 3.8) is 0 Å². The topological polar surface area (TPSA) is 86.8 Å². The Labute approximate surface area is 222 Å². The summed E-state index contributed by atoms with van der Waals surface area (Å²) in [4.78, 5) is 50.6. The van der Waals surface area contributed by atoms with Gasteiger partial charge in [-0.05, 0) is 29.0 Å². The van der Waals surface area contributed by atoms with Crippen molar-refractivity contribution in [1.82, 2.24) is 15.0 Å². The first-order valence-corrected chi connectivity index (χ1v) is 11.2. The molecule has 2 heterocycles. The van der Waals surface area contributed by atoms with Crippen LogP contribution in [0.5, 0.6) is 0 Å². The second kappa shape index (κ2) is 9.38. The van der Waals surface area contributed by atoms with Crippen LogP contribution >= 0.6 is 11.6 Å². The zero-order valence-corrected chi connectivity index (χ0v) is 19.9. The third kappa shape index (κ3) is 4.60. The number of carbonyl (C=O) groups excluding carboxylic acids is 4. The first-order chi connectivity index (χ1) is 17.2. The number of amides is 4. The number of piperidine rings is 1. The highest BCUT2D eigenvalue weighted by atomic mass is 35.5. The Morgan fingerprint density at radius 1 is 1.11 bits per heavy atom. The van der Waals surface area contributed by atoms with Crippen molar-refractivity contribution in [2.24, 2.45) is 0 Å². The van der Waals surface area contributed by atoms with Gasteiger partial charge in [0, 0.05) is 29.1 Å². The molecule has 2 aromatic rings. The second-order valence-corrected chi connectivity index (χ2v) is 9.24. The number of nitrogens with zero attached hydrogens (tertiary/aromatic N) is 2. The van der Waals surface area contributed by atoms with E-state index in [9.17, 15) is 19.2 Å². The van der Waals surface area contributed by atoms with Gasteiger partial charge in [0.25, 0.3) is 11.8 Å². The first-order valence-electron chi connectivity index (χ1n) is 10.8. The van der Waals surface area contributed by atoms with Gasteiger partial charge >= 0.3 is 5.92 Å². The number of benzene rings is 2. The van der Waals surface area contributed by atoms with Crippen molar-refractivity contribution in [3.05, 3.63) is 57.6 Å². The highest BCUT2D eigenvalue weighted by Gasteiger charge is 2.47. The van der Waals surface area contributed by atoms with Gasteiger partial charge in [-0.1, -0.05) is 46.8 Å². The normalized spacial score (nSPS) is 18.0. The van der Waals surface area contributed by atoms with Gasteiger partial charge < -0.3 is 9.71 Å². The molecule has 1 unspecified atom stereocenters. The van der Waals surface area contributed by atoms with E-state index in [4.69, 9.17) is 51.0 Å². The lowest BCUT2D eigenvalue weighted by atomic mass is 9.55. The van der Waals surface area contributed by atoms with Crippen LogP contribution < -0.4 is 16.2 Å². The van der Waals surface area contributed by atoms with E-state index in [2.05, 4.69) is 5.32 Å². The predicted octanol–water partition coefficient (Wildman–Crippen LogP) is -1.16. The maximum atomic E-state index is 15.2. The fraction of sp³-hybridized carbons (Fsp3) is 0.273. The van der Waals surface area contributed by atoms with Gasteiger partial charge in [0.2, 0.25) is 19.8 Å². The van der Waals surface area contributed by atoms with Crippen molar-refractivity contribution in [3.8, 4) is 0 Å². The van der Waals surface area contributed by atoms with Gasteiger partial charge in [0.1, 0.15) is 21.7 Å². The fourth-order valence-electron chi connectivity index (χ4n) is 4.40. The molecule has 0 bridgehead atoms. The average molecular weight is 511 g/mol. The number of hydrogen-bond donors (Lipinski definition) is 1. The Morgan fingerprint density at radius 2 is 1.73 bits per heavy atom. The van der Waals surface area contributed by atoms with E-state index in [1.807, 2.05) is 0 Å². The number of rotatable bonds is 5. The van der Waals surface area contributed by atoms with E-state index >= 15 is 8.78 Å². The van der Waals surface area contributed by atoms with Gasteiger partial charge in [-0.15, -0.1) is 0 Å². The minimum atomic E-state index is -4.33. The predicted molar refractivity (Wildman–Crippen MR) is 134 cm³/mol. The smallest absolute Gasteiger partial charge is 0.347 e. The highest BCUT2D eigenvalue weighted by molar-refractivity contribution is 6.45. The molecule has 10 radical (unpaired) electrons. The molecule has 15 heteroatoms. The van der Waals surface area contributed by atoms with E-state index in [1.165, 1.54) is 23.1 Å². The van der Waals surface area contributed by atoms with E-state index < -0.39 is 57.4 Å². The summed E-state index contributed by atoms with van der Waals surface area (Å²) < 4.78 is 30.4. The molecule has 0 saturated carbocycles. The van der Waals surface area contributed by atoms with Crippen LogP contribution in [0.3, 0.4) is 0 Å². The lowest BCUT2D eigenvalue weighted by Crippen LogP contribution is -2.55. The van der Waals surface area contributed by atoms with Gasteiger partial charge in [0.05, 0.1) is 15.7 Å². The fourth-order valence-corrected chi connectivity index (χ4v) is 4.64. The quantitative estimate of drug-likeness (QED) is 0.406. The van der Waals surface area contributed by atoms with Crippen molar-refractivity contribution < 1.29 is 28.0 Å². The first kappa shape index (κ1) is 27.0. The van der Waals surface area contributed by atoms with Crippen LogP contribution in [0.2, 0.25) is 5.02 Å². The summed E-state index contributed by atoms with van der Waals surface area (Å²) in [6, 6.07) is 5.04. The second-order valence-electron chi connectivity index (χ2n) is 8.81. The molecule has 4 rings (SSSR count). The molecule has 1 fully saturated rings. The van der Waals surface area contributed by atoms with Crippen LogP contribution in [0.4, 0.5) is 8.78 Å². The highest BCUT2D eigenvalue weighted by Crippen LogP contribution is 2.34. The molecule has 1 saturated heterocycles. The molecule has 0 spiro atoms. The number of imide groups is 1. The van der Waals surface area contributed by atoms with Gasteiger partial charge in [-0.2, -0.15) is 8.78 Å². The number of nitrogens with one attached hydrogen (secondary N) is 1. The van der Waals surface area contributed by atoms with Gasteiger partial charge in [-0.3, -0.25) is 24.5 Å². The molecule has 7 nitrogen and oxygen atoms in total. The summed E-state index contributed by atoms with van der Waals surface area (Å²) in [6.45, 7) is -0.0448. The summed E-state index contributed by atoms with van der Waals surface area (Å²) in [6.07, 6.45) is 0.212. The molecular weight excluding hydrogens is 498 g/mol. The summed E-state index contributed by atoms with van der Waals surface area (Å²) in [5.41, 5.74) is -1.58.